The third-order valence-corrected chi connectivity index (χ3v) is 4.38. The number of halogens is 2. The fraction of sp³-hybridized carbons (Fsp3) is 0.182. The lowest BCUT2D eigenvalue weighted by Crippen LogP contribution is -2.13. The van der Waals surface area contributed by atoms with Gasteiger partial charge < -0.3 is 11.1 Å². The van der Waals surface area contributed by atoms with Crippen molar-refractivity contribution in [2.24, 2.45) is 5.73 Å². The van der Waals surface area contributed by atoms with Gasteiger partial charge in [-0.1, -0.05) is 11.6 Å². The number of hydrogen-bond donors (Lipinski definition) is 2. The molecule has 0 radical (unpaired) electrons. The van der Waals surface area contributed by atoms with Gasteiger partial charge in [0.15, 0.2) is 0 Å². The number of aromatic nitrogens is 2. The first-order valence-corrected chi connectivity index (χ1v) is 7.36. The van der Waals surface area contributed by atoms with Crippen LogP contribution in [0.25, 0.3) is 0 Å². The average molecular weight is 362 g/mol. The van der Waals surface area contributed by atoms with Crippen molar-refractivity contribution >= 4 is 50.5 Å². The van der Waals surface area contributed by atoms with Gasteiger partial charge in [-0.3, -0.25) is 4.79 Å². The Balaban J connectivity index is 2.13. The van der Waals surface area contributed by atoms with E-state index < -0.39 is 0 Å². The van der Waals surface area contributed by atoms with Gasteiger partial charge >= 0.3 is 0 Å². The summed E-state index contributed by atoms with van der Waals surface area (Å²) in [6.45, 7) is 1.82. The summed E-state index contributed by atoms with van der Waals surface area (Å²) in [6, 6.07) is 1.49. The van der Waals surface area contributed by atoms with Crippen molar-refractivity contribution < 1.29 is 4.79 Å². The Labute approximate surface area is 127 Å². The molecule has 2 rings (SSSR count). The molecule has 1 atom stereocenters. The molecule has 1 amide bonds. The van der Waals surface area contributed by atoms with Gasteiger partial charge in [0, 0.05) is 5.38 Å². The first-order chi connectivity index (χ1) is 8.97. The number of nitrogens with one attached hydrogen (secondary N) is 1. The van der Waals surface area contributed by atoms with Crippen LogP contribution in [0.2, 0.25) is 5.15 Å². The number of thiazole rings is 1. The maximum Gasteiger partial charge on any atom is 0.275 e. The molecule has 0 aliphatic heterocycles. The smallest absolute Gasteiger partial charge is 0.275 e. The second-order valence-electron chi connectivity index (χ2n) is 3.81. The minimum Gasteiger partial charge on any atom is -0.322 e. The molecular weight excluding hydrogens is 352 g/mol. The quantitative estimate of drug-likeness (QED) is 0.822. The van der Waals surface area contributed by atoms with E-state index in [4.69, 9.17) is 17.3 Å². The summed E-state index contributed by atoms with van der Waals surface area (Å²) in [5.41, 5.74) is 6.58. The third-order valence-electron chi connectivity index (χ3n) is 2.20. The summed E-state index contributed by atoms with van der Waals surface area (Å²) in [6.07, 6.45) is 1.48. The standard InChI is InChI=1S/C11H10BrClN4OS/c1-5(14)11-17-8(4-19-11)10(18)16-6-2-7(12)9(13)15-3-6/h2-5H,14H2,1H3,(H,16,18). The Morgan fingerprint density at radius 1 is 1.63 bits per heavy atom. The van der Waals surface area contributed by atoms with Crippen LogP contribution in [-0.4, -0.2) is 15.9 Å². The van der Waals surface area contributed by atoms with Crippen molar-refractivity contribution in [3.63, 3.8) is 0 Å². The number of amides is 1. The predicted molar refractivity (Wildman–Crippen MR) is 79.6 cm³/mol. The monoisotopic (exact) mass is 360 g/mol. The van der Waals surface area contributed by atoms with E-state index in [1.807, 2.05) is 6.92 Å². The van der Waals surface area contributed by atoms with Gasteiger partial charge in [0.1, 0.15) is 15.9 Å². The third kappa shape index (κ3) is 3.50. The molecule has 2 heterocycles. The average Bonchev–Trinajstić information content (AvgIpc) is 2.83. The van der Waals surface area contributed by atoms with E-state index in [-0.39, 0.29) is 11.9 Å². The maximum absolute atomic E-state index is 12.0. The Morgan fingerprint density at radius 2 is 2.37 bits per heavy atom. The number of rotatable bonds is 3. The summed E-state index contributed by atoms with van der Waals surface area (Å²) in [5.74, 6) is -0.306. The Bertz CT molecular complexity index is 616. The number of nitrogens with zero attached hydrogens (tertiary/aromatic N) is 2. The Morgan fingerprint density at radius 3 is 2.95 bits per heavy atom. The molecule has 19 heavy (non-hydrogen) atoms. The predicted octanol–water partition coefficient (Wildman–Crippen LogP) is 3.23. The highest BCUT2D eigenvalue weighted by Crippen LogP contribution is 2.23. The molecule has 100 valence electrons. The van der Waals surface area contributed by atoms with E-state index in [2.05, 4.69) is 31.2 Å². The lowest BCUT2D eigenvalue weighted by atomic mass is 10.3. The van der Waals surface area contributed by atoms with E-state index in [9.17, 15) is 4.79 Å². The lowest BCUT2D eigenvalue weighted by molar-refractivity contribution is 0.102. The van der Waals surface area contributed by atoms with Crippen LogP contribution in [-0.2, 0) is 0 Å². The molecule has 2 aromatic heterocycles. The highest BCUT2D eigenvalue weighted by atomic mass is 79.9. The maximum atomic E-state index is 12.0. The Kier molecular flexibility index (Phi) is 4.51. The largest absolute Gasteiger partial charge is 0.322 e. The van der Waals surface area contributed by atoms with E-state index in [0.29, 0.717) is 21.0 Å². The zero-order valence-corrected chi connectivity index (χ0v) is 13.0. The molecule has 0 saturated carbocycles. The molecule has 1 unspecified atom stereocenters. The highest BCUT2D eigenvalue weighted by molar-refractivity contribution is 9.10. The van der Waals surface area contributed by atoms with Gasteiger partial charge in [0.2, 0.25) is 0 Å². The summed E-state index contributed by atoms with van der Waals surface area (Å²) in [5, 5.41) is 5.43. The first-order valence-electron chi connectivity index (χ1n) is 5.30. The Hall–Kier alpha value is -1.02. The van der Waals surface area contributed by atoms with Gasteiger partial charge in [0.05, 0.1) is 22.4 Å². The van der Waals surface area contributed by atoms with E-state index >= 15 is 0 Å². The molecule has 0 aromatic carbocycles. The van der Waals surface area contributed by atoms with Crippen molar-refractivity contribution in [1.82, 2.24) is 9.97 Å². The van der Waals surface area contributed by atoms with E-state index in [1.165, 1.54) is 17.5 Å². The van der Waals surface area contributed by atoms with Crippen LogP contribution >= 0.6 is 38.9 Å². The minimum atomic E-state index is -0.306. The van der Waals surface area contributed by atoms with Gasteiger partial charge in [-0.15, -0.1) is 11.3 Å². The molecule has 2 aromatic rings. The number of carbonyl (C=O) groups excluding carboxylic acids is 1. The zero-order valence-electron chi connectivity index (χ0n) is 9.85. The van der Waals surface area contributed by atoms with Gasteiger partial charge in [-0.25, -0.2) is 9.97 Å². The molecule has 3 N–H and O–H groups in total. The molecule has 0 fully saturated rings. The number of pyridine rings is 1. The highest BCUT2D eigenvalue weighted by Gasteiger charge is 2.13. The SMILES string of the molecule is CC(N)c1nc(C(=O)Nc2cnc(Cl)c(Br)c2)cs1. The zero-order chi connectivity index (χ0) is 14.0. The number of carbonyl (C=O) groups is 1. The number of anilines is 1. The topological polar surface area (TPSA) is 80.9 Å². The van der Waals surface area contributed by atoms with Crippen LogP contribution in [0.4, 0.5) is 5.69 Å². The van der Waals surface area contributed by atoms with Crippen LogP contribution in [0.5, 0.6) is 0 Å². The molecule has 8 heteroatoms. The van der Waals surface area contributed by atoms with Crippen LogP contribution < -0.4 is 11.1 Å². The first kappa shape index (κ1) is 14.4. The molecule has 0 saturated heterocycles. The summed E-state index contributed by atoms with van der Waals surface area (Å²) in [4.78, 5) is 20.1. The van der Waals surface area contributed by atoms with Crippen LogP contribution in [0.3, 0.4) is 0 Å². The molecule has 0 aliphatic carbocycles. The molecule has 0 aliphatic rings. The second kappa shape index (κ2) is 5.96. The minimum absolute atomic E-state index is 0.183. The van der Waals surface area contributed by atoms with Crippen LogP contribution in [0, 0.1) is 0 Å². The fourth-order valence-electron chi connectivity index (χ4n) is 1.29. The van der Waals surface area contributed by atoms with Crippen molar-refractivity contribution in [3.05, 3.63) is 38.0 Å². The summed E-state index contributed by atoms with van der Waals surface area (Å²) >= 11 is 10.4. The normalized spacial score (nSPS) is 12.2. The van der Waals surface area contributed by atoms with Crippen molar-refractivity contribution in [1.29, 1.82) is 0 Å². The van der Waals surface area contributed by atoms with Crippen LogP contribution in [0.15, 0.2) is 22.1 Å². The van der Waals surface area contributed by atoms with Gasteiger partial charge in [0.25, 0.3) is 5.91 Å². The fourth-order valence-corrected chi connectivity index (χ4v) is 2.50. The van der Waals surface area contributed by atoms with Crippen molar-refractivity contribution in [2.45, 2.75) is 13.0 Å². The van der Waals surface area contributed by atoms with Gasteiger partial charge in [-0.05, 0) is 28.9 Å². The van der Waals surface area contributed by atoms with Crippen molar-refractivity contribution in [3.8, 4) is 0 Å². The van der Waals surface area contributed by atoms with E-state index in [1.54, 1.807) is 11.4 Å². The second-order valence-corrected chi connectivity index (χ2v) is 5.91. The van der Waals surface area contributed by atoms with Crippen LogP contribution in [0.1, 0.15) is 28.5 Å². The number of hydrogen-bond acceptors (Lipinski definition) is 5. The van der Waals surface area contributed by atoms with E-state index in [0.717, 1.165) is 5.01 Å². The van der Waals surface area contributed by atoms with Crippen molar-refractivity contribution in [2.75, 3.05) is 5.32 Å². The molecule has 5 nitrogen and oxygen atoms in total. The summed E-state index contributed by atoms with van der Waals surface area (Å²) < 4.78 is 0.613. The number of nitrogens with two attached hydrogens (primary N) is 1. The summed E-state index contributed by atoms with van der Waals surface area (Å²) in [7, 11) is 0. The lowest BCUT2D eigenvalue weighted by Gasteiger charge is -2.04. The molecular formula is C11H10BrClN4OS. The molecule has 0 bridgehead atoms. The molecule has 0 spiro atoms. The van der Waals surface area contributed by atoms with Gasteiger partial charge in [-0.2, -0.15) is 0 Å².